The summed E-state index contributed by atoms with van der Waals surface area (Å²) in [5.74, 6) is 1.59. The van der Waals surface area contributed by atoms with Gasteiger partial charge in [-0.2, -0.15) is 0 Å². The van der Waals surface area contributed by atoms with E-state index in [1.807, 2.05) is 19.1 Å². The van der Waals surface area contributed by atoms with Gasteiger partial charge in [-0.05, 0) is 37.8 Å². The monoisotopic (exact) mass is 295 g/mol. The summed E-state index contributed by atoms with van der Waals surface area (Å²) in [5, 5.41) is 0. The van der Waals surface area contributed by atoms with Crippen LogP contribution in [-0.4, -0.2) is 32.5 Å². The number of benzene rings is 1. The molecule has 1 aromatic carbocycles. The van der Waals surface area contributed by atoms with Crippen molar-refractivity contribution in [2.75, 3.05) is 26.4 Å². The van der Waals surface area contributed by atoms with Crippen molar-refractivity contribution in [1.82, 2.24) is 0 Å². The molecule has 4 heteroatoms. The average molecular weight is 295 g/mol. The van der Waals surface area contributed by atoms with Gasteiger partial charge in [0.25, 0.3) is 0 Å². The Labute approximate surface area is 128 Å². The maximum atomic E-state index is 6.07. The molecular weight excluding hydrogens is 266 g/mol. The first-order chi connectivity index (χ1) is 10.2. The Hall–Kier alpha value is -1.26. The van der Waals surface area contributed by atoms with Gasteiger partial charge in [-0.25, -0.2) is 0 Å². The second kappa shape index (κ2) is 10.5. The molecule has 0 saturated heterocycles. The van der Waals surface area contributed by atoms with Crippen molar-refractivity contribution in [3.05, 3.63) is 23.8 Å². The highest BCUT2D eigenvalue weighted by atomic mass is 16.5. The summed E-state index contributed by atoms with van der Waals surface area (Å²) in [4.78, 5) is 0. The Balaban J connectivity index is 2.74. The number of hydrogen-bond donors (Lipinski definition) is 1. The molecule has 2 N–H and O–H groups in total. The zero-order chi connectivity index (χ0) is 15.5. The van der Waals surface area contributed by atoms with Crippen molar-refractivity contribution in [1.29, 1.82) is 0 Å². The van der Waals surface area contributed by atoms with E-state index in [9.17, 15) is 0 Å². The Bertz CT molecular complexity index is 396. The second-order valence-corrected chi connectivity index (χ2v) is 5.01. The molecule has 1 aromatic rings. The second-order valence-electron chi connectivity index (χ2n) is 5.01. The average Bonchev–Trinajstić information content (AvgIpc) is 2.49. The summed E-state index contributed by atoms with van der Waals surface area (Å²) < 4.78 is 17.0. The van der Waals surface area contributed by atoms with Gasteiger partial charge in [-0.1, -0.05) is 26.0 Å². The van der Waals surface area contributed by atoms with Crippen LogP contribution in [0.25, 0.3) is 0 Å². The van der Waals surface area contributed by atoms with E-state index < -0.39 is 0 Å². The minimum atomic E-state index is 0.139. The standard InChI is InChI=1S/C17H29NO3/c1-4-10-19-11-12-21-17-14(13-15(18)5-2)8-7-9-16(17)20-6-3/h7-9,15H,4-6,10-13,18H2,1-3H3. The van der Waals surface area contributed by atoms with Crippen LogP contribution >= 0.6 is 0 Å². The molecule has 0 radical (unpaired) electrons. The van der Waals surface area contributed by atoms with Crippen LogP contribution in [0.4, 0.5) is 0 Å². The Morgan fingerprint density at radius 2 is 1.86 bits per heavy atom. The molecule has 4 nitrogen and oxygen atoms in total. The van der Waals surface area contributed by atoms with Crippen LogP contribution in [0.2, 0.25) is 0 Å². The fourth-order valence-electron chi connectivity index (χ4n) is 2.03. The number of nitrogens with two attached hydrogens (primary N) is 1. The third-order valence-electron chi connectivity index (χ3n) is 3.19. The first kappa shape index (κ1) is 17.8. The minimum Gasteiger partial charge on any atom is -0.490 e. The first-order valence-electron chi connectivity index (χ1n) is 7.93. The van der Waals surface area contributed by atoms with Crippen molar-refractivity contribution in [2.24, 2.45) is 5.73 Å². The molecule has 0 aliphatic carbocycles. The molecule has 0 aliphatic heterocycles. The van der Waals surface area contributed by atoms with Crippen LogP contribution in [-0.2, 0) is 11.2 Å². The molecule has 120 valence electrons. The SMILES string of the molecule is CCCOCCOc1c(CC(N)CC)cccc1OCC. The van der Waals surface area contributed by atoms with Crippen molar-refractivity contribution >= 4 is 0 Å². The van der Waals surface area contributed by atoms with Gasteiger partial charge in [0, 0.05) is 12.6 Å². The molecule has 0 bridgehead atoms. The zero-order valence-corrected chi connectivity index (χ0v) is 13.6. The minimum absolute atomic E-state index is 0.139. The molecule has 0 heterocycles. The lowest BCUT2D eigenvalue weighted by atomic mass is 10.0. The fourth-order valence-corrected chi connectivity index (χ4v) is 2.03. The molecular formula is C17H29NO3. The Morgan fingerprint density at radius 1 is 1.05 bits per heavy atom. The predicted molar refractivity (Wildman–Crippen MR) is 86.2 cm³/mol. The van der Waals surface area contributed by atoms with Gasteiger partial charge >= 0.3 is 0 Å². The maximum absolute atomic E-state index is 6.07. The highest BCUT2D eigenvalue weighted by Gasteiger charge is 2.13. The lowest BCUT2D eigenvalue weighted by Crippen LogP contribution is -2.22. The smallest absolute Gasteiger partial charge is 0.164 e. The molecule has 0 aliphatic rings. The molecule has 0 spiro atoms. The van der Waals surface area contributed by atoms with Crippen molar-refractivity contribution in [3.8, 4) is 11.5 Å². The topological polar surface area (TPSA) is 53.7 Å². The van der Waals surface area contributed by atoms with E-state index in [0.717, 1.165) is 42.9 Å². The van der Waals surface area contributed by atoms with Gasteiger partial charge in [-0.15, -0.1) is 0 Å². The summed E-state index contributed by atoms with van der Waals surface area (Å²) in [6.07, 6.45) is 2.76. The van der Waals surface area contributed by atoms with Gasteiger partial charge in [0.2, 0.25) is 0 Å². The van der Waals surface area contributed by atoms with Crippen LogP contribution in [0.3, 0.4) is 0 Å². The summed E-state index contributed by atoms with van der Waals surface area (Å²) in [6.45, 7) is 8.66. The first-order valence-corrected chi connectivity index (χ1v) is 7.93. The maximum Gasteiger partial charge on any atom is 0.164 e. The van der Waals surface area contributed by atoms with E-state index in [1.165, 1.54) is 0 Å². The quantitative estimate of drug-likeness (QED) is 0.637. The van der Waals surface area contributed by atoms with Gasteiger partial charge in [-0.3, -0.25) is 0 Å². The van der Waals surface area contributed by atoms with E-state index in [2.05, 4.69) is 19.9 Å². The van der Waals surface area contributed by atoms with E-state index in [0.29, 0.717) is 19.8 Å². The van der Waals surface area contributed by atoms with Crippen LogP contribution in [0, 0.1) is 0 Å². The van der Waals surface area contributed by atoms with E-state index >= 15 is 0 Å². The molecule has 0 aromatic heterocycles. The van der Waals surface area contributed by atoms with Crippen LogP contribution in [0.5, 0.6) is 11.5 Å². The van der Waals surface area contributed by atoms with E-state index in [-0.39, 0.29) is 6.04 Å². The summed E-state index contributed by atoms with van der Waals surface area (Å²) in [7, 11) is 0. The lowest BCUT2D eigenvalue weighted by Gasteiger charge is -2.18. The van der Waals surface area contributed by atoms with Crippen molar-refractivity contribution in [3.63, 3.8) is 0 Å². The van der Waals surface area contributed by atoms with Crippen molar-refractivity contribution in [2.45, 2.75) is 46.1 Å². The van der Waals surface area contributed by atoms with Gasteiger partial charge in [0.05, 0.1) is 13.2 Å². The molecule has 0 fully saturated rings. The van der Waals surface area contributed by atoms with Gasteiger partial charge in [0.1, 0.15) is 6.61 Å². The highest BCUT2D eigenvalue weighted by Crippen LogP contribution is 2.32. The molecule has 0 saturated carbocycles. The molecule has 1 rings (SSSR count). The third kappa shape index (κ3) is 6.36. The zero-order valence-electron chi connectivity index (χ0n) is 13.6. The third-order valence-corrected chi connectivity index (χ3v) is 3.19. The molecule has 21 heavy (non-hydrogen) atoms. The Kier molecular flexibility index (Phi) is 8.87. The van der Waals surface area contributed by atoms with Crippen LogP contribution in [0.1, 0.15) is 39.2 Å². The van der Waals surface area contributed by atoms with Crippen LogP contribution < -0.4 is 15.2 Å². The molecule has 1 atom stereocenters. The molecule has 1 unspecified atom stereocenters. The number of rotatable bonds is 11. The number of hydrogen-bond acceptors (Lipinski definition) is 4. The van der Waals surface area contributed by atoms with E-state index in [1.54, 1.807) is 0 Å². The van der Waals surface area contributed by atoms with Crippen molar-refractivity contribution < 1.29 is 14.2 Å². The van der Waals surface area contributed by atoms with Crippen LogP contribution in [0.15, 0.2) is 18.2 Å². The summed E-state index contributed by atoms with van der Waals surface area (Å²) in [5.41, 5.74) is 7.17. The van der Waals surface area contributed by atoms with E-state index in [4.69, 9.17) is 19.9 Å². The predicted octanol–water partition coefficient (Wildman–Crippen LogP) is 3.17. The fraction of sp³-hybridized carbons (Fsp3) is 0.647. The van der Waals surface area contributed by atoms with Gasteiger partial charge < -0.3 is 19.9 Å². The summed E-state index contributed by atoms with van der Waals surface area (Å²) >= 11 is 0. The largest absolute Gasteiger partial charge is 0.490 e. The normalized spacial score (nSPS) is 12.2. The van der Waals surface area contributed by atoms with Gasteiger partial charge in [0.15, 0.2) is 11.5 Å². The number of ether oxygens (including phenoxy) is 3. The lowest BCUT2D eigenvalue weighted by molar-refractivity contribution is 0.0988. The summed E-state index contributed by atoms with van der Waals surface area (Å²) in [6, 6.07) is 6.12. The Morgan fingerprint density at radius 3 is 2.52 bits per heavy atom. The molecule has 0 amide bonds. The number of para-hydroxylation sites is 1. The highest BCUT2D eigenvalue weighted by molar-refractivity contribution is 5.47.